The normalized spacial score (nSPS) is 10.7. The average molecular weight is 437 g/mol. The minimum atomic E-state index is -0.461. The molecule has 0 unspecified atom stereocenters. The van der Waals surface area contributed by atoms with Crippen molar-refractivity contribution in [3.8, 4) is 11.3 Å². The van der Waals surface area contributed by atoms with Crippen molar-refractivity contribution in [1.29, 1.82) is 0 Å². The molecule has 0 radical (unpaired) electrons. The molecular weight excluding hydrogens is 420 g/mol. The second-order valence-corrected chi connectivity index (χ2v) is 7.81. The van der Waals surface area contributed by atoms with E-state index in [-0.39, 0.29) is 13.0 Å². The monoisotopic (exact) mass is 436 g/mol. The van der Waals surface area contributed by atoms with Gasteiger partial charge in [0.05, 0.1) is 12.1 Å². The van der Waals surface area contributed by atoms with Crippen molar-refractivity contribution in [3.63, 3.8) is 0 Å². The maximum Gasteiger partial charge on any atom is 0.310 e. The quantitative estimate of drug-likeness (QED) is 0.414. The molecule has 4 rings (SSSR count). The fourth-order valence-corrected chi connectivity index (χ4v) is 4.04. The number of rotatable bonds is 6. The molecule has 0 aliphatic heterocycles. The highest BCUT2D eigenvalue weighted by molar-refractivity contribution is 7.14. The molecule has 1 amide bonds. The Morgan fingerprint density at radius 3 is 2.63 bits per heavy atom. The molecule has 0 bridgehead atoms. The van der Waals surface area contributed by atoms with Gasteiger partial charge in [-0.1, -0.05) is 72.3 Å². The number of anilines is 1. The molecule has 1 heterocycles. The number of ether oxygens (including phenoxy) is 1. The van der Waals surface area contributed by atoms with Crippen molar-refractivity contribution < 1.29 is 14.3 Å². The number of carbonyl (C=O) groups excluding carboxylic acids is 2. The lowest BCUT2D eigenvalue weighted by Crippen LogP contribution is -2.21. The van der Waals surface area contributed by atoms with Crippen LogP contribution in [0.3, 0.4) is 0 Å². The third-order valence-corrected chi connectivity index (χ3v) is 5.57. The molecule has 150 valence electrons. The van der Waals surface area contributed by atoms with Crippen LogP contribution in [-0.4, -0.2) is 23.5 Å². The zero-order chi connectivity index (χ0) is 20.9. The second-order valence-electron chi connectivity index (χ2n) is 6.54. The van der Waals surface area contributed by atoms with Crippen LogP contribution >= 0.6 is 22.9 Å². The molecule has 0 aliphatic carbocycles. The number of halogens is 1. The molecule has 1 aromatic heterocycles. The minimum Gasteiger partial charge on any atom is -0.455 e. The van der Waals surface area contributed by atoms with E-state index < -0.39 is 11.9 Å². The second kappa shape index (κ2) is 9.07. The number of amides is 1. The Balaban J connectivity index is 1.33. The predicted molar refractivity (Wildman–Crippen MR) is 120 cm³/mol. The van der Waals surface area contributed by atoms with Crippen molar-refractivity contribution in [2.75, 3.05) is 11.9 Å². The number of hydrogen-bond acceptors (Lipinski definition) is 5. The van der Waals surface area contributed by atoms with Crippen molar-refractivity contribution in [1.82, 2.24) is 4.98 Å². The molecule has 1 N–H and O–H groups in total. The van der Waals surface area contributed by atoms with Crippen molar-refractivity contribution in [2.45, 2.75) is 6.42 Å². The number of carbonyl (C=O) groups is 2. The van der Waals surface area contributed by atoms with E-state index in [9.17, 15) is 9.59 Å². The summed E-state index contributed by atoms with van der Waals surface area (Å²) in [5.74, 6) is -0.904. The Morgan fingerprint density at radius 1 is 1.00 bits per heavy atom. The van der Waals surface area contributed by atoms with Gasteiger partial charge in [0.1, 0.15) is 0 Å². The van der Waals surface area contributed by atoms with Gasteiger partial charge in [-0.2, -0.15) is 0 Å². The Hall–Kier alpha value is -3.22. The largest absolute Gasteiger partial charge is 0.455 e. The average Bonchev–Trinajstić information content (AvgIpc) is 3.21. The Morgan fingerprint density at radius 2 is 1.77 bits per heavy atom. The number of hydrogen-bond donors (Lipinski definition) is 1. The van der Waals surface area contributed by atoms with E-state index in [0.717, 1.165) is 21.9 Å². The summed E-state index contributed by atoms with van der Waals surface area (Å²) in [5, 5.41) is 7.51. The van der Waals surface area contributed by atoms with E-state index >= 15 is 0 Å². The van der Waals surface area contributed by atoms with Gasteiger partial charge in [0.2, 0.25) is 0 Å². The maximum atomic E-state index is 12.2. The van der Waals surface area contributed by atoms with Crippen LogP contribution < -0.4 is 5.32 Å². The summed E-state index contributed by atoms with van der Waals surface area (Å²) in [6.07, 6.45) is 0.0997. The summed E-state index contributed by atoms with van der Waals surface area (Å²) in [5.41, 5.74) is 2.33. The molecule has 0 spiro atoms. The lowest BCUT2D eigenvalue weighted by molar-refractivity contribution is -0.146. The third-order valence-electron chi connectivity index (χ3n) is 4.48. The van der Waals surface area contributed by atoms with Crippen LogP contribution in [0, 0.1) is 0 Å². The summed E-state index contributed by atoms with van der Waals surface area (Å²) in [7, 11) is 0. The Labute approximate surface area is 182 Å². The van der Waals surface area contributed by atoms with E-state index in [1.54, 1.807) is 6.07 Å². The highest BCUT2D eigenvalue weighted by atomic mass is 35.5. The third kappa shape index (κ3) is 4.67. The fraction of sp³-hybridized carbons (Fsp3) is 0.0870. The van der Waals surface area contributed by atoms with E-state index in [1.165, 1.54) is 11.3 Å². The Bertz CT molecular complexity index is 1220. The molecule has 0 saturated carbocycles. The van der Waals surface area contributed by atoms with Crippen LogP contribution in [0.4, 0.5) is 5.13 Å². The molecule has 7 heteroatoms. The van der Waals surface area contributed by atoms with Gasteiger partial charge in [-0.25, -0.2) is 4.98 Å². The number of fused-ring (bicyclic) bond motifs is 1. The first-order valence-corrected chi connectivity index (χ1v) is 10.5. The topological polar surface area (TPSA) is 68.3 Å². The molecule has 30 heavy (non-hydrogen) atoms. The van der Waals surface area contributed by atoms with Gasteiger partial charge in [-0.05, 0) is 22.4 Å². The van der Waals surface area contributed by atoms with Gasteiger partial charge < -0.3 is 4.74 Å². The van der Waals surface area contributed by atoms with Gasteiger partial charge >= 0.3 is 5.97 Å². The summed E-state index contributed by atoms with van der Waals surface area (Å²) in [6.45, 7) is -0.370. The van der Waals surface area contributed by atoms with E-state index in [0.29, 0.717) is 15.8 Å². The summed E-state index contributed by atoms with van der Waals surface area (Å²) >= 11 is 7.46. The first kappa shape index (κ1) is 20.1. The SMILES string of the molecule is O=C(COC(=O)Cc1cccc2ccccc12)Nc1nc(-c2ccccc2Cl)cs1. The number of thiazole rings is 1. The van der Waals surface area contributed by atoms with Crippen molar-refractivity contribution in [2.24, 2.45) is 0 Å². The number of esters is 1. The van der Waals surface area contributed by atoms with Crippen molar-refractivity contribution >= 4 is 50.7 Å². The Kier molecular flexibility index (Phi) is 6.07. The smallest absolute Gasteiger partial charge is 0.310 e. The first-order chi connectivity index (χ1) is 14.6. The maximum absolute atomic E-state index is 12.2. The molecule has 0 fully saturated rings. The lowest BCUT2D eigenvalue weighted by Gasteiger charge is -2.07. The summed E-state index contributed by atoms with van der Waals surface area (Å²) in [4.78, 5) is 28.7. The predicted octanol–water partition coefficient (Wildman–Crippen LogP) is 5.34. The number of nitrogens with zero attached hydrogens (tertiary/aromatic N) is 1. The number of nitrogens with one attached hydrogen (secondary N) is 1. The van der Waals surface area contributed by atoms with Crippen molar-refractivity contribution in [3.05, 3.63) is 82.7 Å². The molecular formula is C23H17ClN2O3S. The van der Waals surface area contributed by atoms with Crippen LogP contribution in [0.5, 0.6) is 0 Å². The molecule has 4 aromatic rings. The van der Waals surface area contributed by atoms with Gasteiger partial charge in [0.25, 0.3) is 5.91 Å². The highest BCUT2D eigenvalue weighted by Crippen LogP contribution is 2.30. The molecule has 0 aliphatic rings. The number of benzene rings is 3. The minimum absolute atomic E-state index is 0.0997. The van der Waals surface area contributed by atoms with E-state index in [2.05, 4.69) is 10.3 Å². The van der Waals surface area contributed by atoms with Gasteiger partial charge in [0.15, 0.2) is 11.7 Å². The van der Waals surface area contributed by atoms with Crippen LogP contribution in [0.1, 0.15) is 5.56 Å². The van der Waals surface area contributed by atoms with Crippen LogP contribution in [0.25, 0.3) is 22.0 Å². The molecule has 3 aromatic carbocycles. The van der Waals surface area contributed by atoms with E-state index in [4.69, 9.17) is 16.3 Å². The first-order valence-electron chi connectivity index (χ1n) is 9.23. The van der Waals surface area contributed by atoms with Gasteiger partial charge in [0, 0.05) is 16.0 Å². The molecule has 0 atom stereocenters. The van der Waals surface area contributed by atoms with Crippen LogP contribution in [-0.2, 0) is 20.7 Å². The highest BCUT2D eigenvalue weighted by Gasteiger charge is 2.13. The van der Waals surface area contributed by atoms with Gasteiger partial charge in [-0.3, -0.25) is 14.9 Å². The number of aromatic nitrogens is 1. The summed E-state index contributed by atoms with van der Waals surface area (Å²) < 4.78 is 5.14. The standard InChI is InChI=1S/C23H17ClN2O3S/c24-19-11-4-3-10-18(19)20-14-30-23(25-20)26-21(27)13-29-22(28)12-16-8-5-7-15-6-1-2-9-17(15)16/h1-11,14H,12-13H2,(H,25,26,27). The molecule has 0 saturated heterocycles. The summed E-state index contributed by atoms with van der Waals surface area (Å²) in [6, 6.07) is 20.9. The van der Waals surface area contributed by atoms with E-state index in [1.807, 2.05) is 66.0 Å². The van der Waals surface area contributed by atoms with Crippen LogP contribution in [0.15, 0.2) is 72.1 Å². The zero-order valence-corrected chi connectivity index (χ0v) is 17.4. The zero-order valence-electron chi connectivity index (χ0n) is 15.8. The lowest BCUT2D eigenvalue weighted by atomic mass is 10.0. The fourth-order valence-electron chi connectivity index (χ4n) is 3.08. The molecule has 5 nitrogen and oxygen atoms in total. The van der Waals surface area contributed by atoms with Crippen LogP contribution in [0.2, 0.25) is 5.02 Å². The van der Waals surface area contributed by atoms with Gasteiger partial charge in [-0.15, -0.1) is 11.3 Å².